The Morgan fingerprint density at radius 1 is 0.407 bits per heavy atom. The lowest BCUT2D eigenvalue weighted by molar-refractivity contribution is 0.638. The fraction of sp³-hybridized carbons (Fsp3) is 0.231. The van der Waals surface area contributed by atoms with E-state index in [0.29, 0.717) is 0 Å². The molecule has 1 aliphatic carbocycles. The van der Waals surface area contributed by atoms with Crippen LogP contribution >= 0.6 is 7.92 Å². The Morgan fingerprint density at radius 3 is 1.07 bits per heavy atom. The Morgan fingerprint density at radius 2 is 0.741 bits per heavy atom. The van der Waals surface area contributed by atoms with Crippen LogP contribution in [0.1, 0.15) is 38.5 Å². The van der Waals surface area contributed by atoms with Crippen molar-refractivity contribution in [3.8, 4) is 0 Å². The molecular weight excluding hydrogens is 343 g/mol. The summed E-state index contributed by atoms with van der Waals surface area (Å²) in [5, 5.41) is 4.19. The SMILES string of the molecule is C1=CCCCCCC1.c1ccc(P(c2ccccc2)c2ccccc2)cc1. The number of hydrogen-bond acceptors (Lipinski definition) is 0. The van der Waals surface area contributed by atoms with Crippen LogP contribution in [0.5, 0.6) is 0 Å². The highest BCUT2D eigenvalue weighted by molar-refractivity contribution is 7.79. The molecule has 0 aliphatic heterocycles. The van der Waals surface area contributed by atoms with Crippen molar-refractivity contribution in [2.45, 2.75) is 38.5 Å². The zero-order valence-corrected chi connectivity index (χ0v) is 16.9. The number of rotatable bonds is 3. The first kappa shape index (κ1) is 19.6. The first-order valence-corrected chi connectivity index (χ1v) is 11.4. The van der Waals surface area contributed by atoms with E-state index in [0.717, 1.165) is 0 Å². The van der Waals surface area contributed by atoms with E-state index in [-0.39, 0.29) is 0 Å². The number of allylic oxidation sites excluding steroid dienone is 2. The standard InChI is InChI=1S/C18H15P.C8H14/c1-4-10-16(11-5-1)19(17-12-6-2-7-13-17)18-14-8-3-9-15-18;1-2-4-6-8-7-5-3-1/h1-15H;1-2H,3-8H2. The maximum atomic E-state index is 2.32. The minimum Gasteiger partial charge on any atom is -0.0885 e. The van der Waals surface area contributed by atoms with Gasteiger partial charge in [-0.05, 0) is 49.5 Å². The molecule has 1 aliphatic rings. The summed E-state index contributed by atoms with van der Waals surface area (Å²) in [6, 6.07) is 32.3. The summed E-state index contributed by atoms with van der Waals surface area (Å²) in [6.07, 6.45) is 13.0. The summed E-state index contributed by atoms with van der Waals surface area (Å²) in [4.78, 5) is 0. The summed E-state index contributed by atoms with van der Waals surface area (Å²) in [6.45, 7) is 0. The summed E-state index contributed by atoms with van der Waals surface area (Å²) in [5.74, 6) is 0. The molecule has 4 rings (SSSR count). The van der Waals surface area contributed by atoms with Crippen LogP contribution in [-0.2, 0) is 0 Å². The van der Waals surface area contributed by atoms with E-state index in [1.54, 1.807) is 0 Å². The zero-order chi connectivity index (χ0) is 18.6. The van der Waals surface area contributed by atoms with Crippen LogP contribution in [0.4, 0.5) is 0 Å². The fourth-order valence-corrected chi connectivity index (χ4v) is 5.60. The molecule has 0 nitrogen and oxygen atoms in total. The van der Waals surface area contributed by atoms with Crippen molar-refractivity contribution in [2.24, 2.45) is 0 Å². The summed E-state index contributed by atoms with van der Waals surface area (Å²) < 4.78 is 0. The first-order chi connectivity index (χ1) is 13.4. The van der Waals surface area contributed by atoms with Crippen molar-refractivity contribution in [3.05, 3.63) is 103 Å². The highest BCUT2D eigenvalue weighted by atomic mass is 31.1. The number of benzene rings is 3. The highest BCUT2D eigenvalue weighted by Gasteiger charge is 2.14. The second-order valence-electron chi connectivity index (χ2n) is 6.81. The lowest BCUT2D eigenvalue weighted by Crippen LogP contribution is -2.20. The van der Waals surface area contributed by atoms with Gasteiger partial charge < -0.3 is 0 Å². The topological polar surface area (TPSA) is 0 Å². The van der Waals surface area contributed by atoms with Gasteiger partial charge in [0.05, 0.1) is 0 Å². The third-order valence-corrected chi connectivity index (χ3v) is 7.15. The van der Waals surface area contributed by atoms with Gasteiger partial charge in [0.15, 0.2) is 0 Å². The maximum absolute atomic E-state index is 2.32. The van der Waals surface area contributed by atoms with Crippen molar-refractivity contribution >= 4 is 23.8 Å². The van der Waals surface area contributed by atoms with Crippen LogP contribution in [0.25, 0.3) is 0 Å². The van der Waals surface area contributed by atoms with Gasteiger partial charge in [0, 0.05) is 0 Å². The smallest absolute Gasteiger partial charge is 0.0134 e. The second-order valence-corrected chi connectivity index (χ2v) is 9.03. The van der Waals surface area contributed by atoms with Crippen molar-refractivity contribution in [1.29, 1.82) is 0 Å². The Labute approximate surface area is 165 Å². The van der Waals surface area contributed by atoms with Gasteiger partial charge in [-0.25, -0.2) is 0 Å². The molecule has 1 heteroatoms. The van der Waals surface area contributed by atoms with E-state index in [1.165, 1.54) is 54.4 Å². The third kappa shape index (κ3) is 6.49. The average molecular weight is 372 g/mol. The molecule has 27 heavy (non-hydrogen) atoms. The minimum atomic E-state index is -0.446. The molecule has 0 N–H and O–H groups in total. The van der Waals surface area contributed by atoms with Gasteiger partial charge in [-0.2, -0.15) is 0 Å². The minimum absolute atomic E-state index is 0.446. The van der Waals surface area contributed by atoms with Gasteiger partial charge in [-0.1, -0.05) is 116 Å². The molecule has 0 aromatic heterocycles. The van der Waals surface area contributed by atoms with Crippen molar-refractivity contribution in [2.75, 3.05) is 0 Å². The van der Waals surface area contributed by atoms with E-state index in [2.05, 4.69) is 103 Å². The van der Waals surface area contributed by atoms with Crippen molar-refractivity contribution in [1.82, 2.24) is 0 Å². The summed E-state index contributed by atoms with van der Waals surface area (Å²) in [7, 11) is -0.446. The molecule has 0 heterocycles. The summed E-state index contributed by atoms with van der Waals surface area (Å²) >= 11 is 0. The maximum Gasteiger partial charge on any atom is -0.0134 e. The van der Waals surface area contributed by atoms with Crippen LogP contribution in [0.3, 0.4) is 0 Å². The lowest BCUT2D eigenvalue weighted by Gasteiger charge is -2.18. The van der Waals surface area contributed by atoms with E-state index in [1.807, 2.05) is 0 Å². The molecular formula is C26H29P. The third-order valence-electron chi connectivity index (χ3n) is 4.70. The molecule has 0 spiro atoms. The monoisotopic (exact) mass is 372 g/mol. The Balaban J connectivity index is 0.000000221. The lowest BCUT2D eigenvalue weighted by atomic mass is 10.1. The molecule has 0 radical (unpaired) electrons. The van der Waals surface area contributed by atoms with Crippen LogP contribution in [0.2, 0.25) is 0 Å². The second kappa shape index (κ2) is 11.5. The van der Waals surface area contributed by atoms with Gasteiger partial charge in [-0.15, -0.1) is 0 Å². The molecule has 0 saturated carbocycles. The first-order valence-electron chi connectivity index (χ1n) is 10.1. The van der Waals surface area contributed by atoms with Gasteiger partial charge in [0.2, 0.25) is 0 Å². The molecule has 0 atom stereocenters. The number of hydrogen-bond donors (Lipinski definition) is 0. The molecule has 3 aromatic rings. The Hall–Kier alpha value is -2.17. The van der Waals surface area contributed by atoms with E-state index < -0.39 is 7.92 Å². The highest BCUT2D eigenvalue weighted by Crippen LogP contribution is 2.32. The van der Waals surface area contributed by atoms with Gasteiger partial charge in [0.1, 0.15) is 0 Å². The van der Waals surface area contributed by atoms with Crippen LogP contribution in [0.15, 0.2) is 103 Å². The normalized spacial score (nSPS) is 14.0. The predicted molar refractivity (Wildman–Crippen MR) is 122 cm³/mol. The van der Waals surface area contributed by atoms with Crippen LogP contribution in [0, 0.1) is 0 Å². The molecule has 0 amide bonds. The van der Waals surface area contributed by atoms with Crippen LogP contribution < -0.4 is 15.9 Å². The Kier molecular flexibility index (Phi) is 8.36. The molecule has 3 aromatic carbocycles. The van der Waals surface area contributed by atoms with E-state index in [9.17, 15) is 0 Å². The molecule has 0 bridgehead atoms. The predicted octanol–water partition coefficient (Wildman–Crippen LogP) is 6.34. The Bertz CT molecular complexity index is 674. The fourth-order valence-electron chi connectivity index (χ4n) is 3.29. The van der Waals surface area contributed by atoms with Crippen molar-refractivity contribution in [3.63, 3.8) is 0 Å². The van der Waals surface area contributed by atoms with Gasteiger partial charge >= 0.3 is 0 Å². The summed E-state index contributed by atoms with van der Waals surface area (Å²) in [5.41, 5.74) is 0. The van der Waals surface area contributed by atoms with Crippen molar-refractivity contribution < 1.29 is 0 Å². The molecule has 0 fully saturated rings. The molecule has 138 valence electrons. The van der Waals surface area contributed by atoms with E-state index in [4.69, 9.17) is 0 Å². The van der Waals surface area contributed by atoms with Crippen LogP contribution in [-0.4, -0.2) is 0 Å². The largest absolute Gasteiger partial charge is 0.0885 e. The van der Waals surface area contributed by atoms with Gasteiger partial charge in [-0.3, -0.25) is 0 Å². The van der Waals surface area contributed by atoms with Gasteiger partial charge in [0.25, 0.3) is 0 Å². The molecule has 0 saturated heterocycles. The zero-order valence-electron chi connectivity index (χ0n) is 16.0. The average Bonchev–Trinajstić information content (AvgIpc) is 2.71. The van der Waals surface area contributed by atoms with E-state index >= 15 is 0 Å². The molecule has 0 unspecified atom stereocenters. The quantitative estimate of drug-likeness (QED) is 0.372.